The average molecular weight is 344 g/mol. The van der Waals surface area contributed by atoms with Crippen LogP contribution in [-0.2, 0) is 27.1 Å². The molecule has 0 unspecified atom stereocenters. The second-order valence-electron chi connectivity index (χ2n) is 6.42. The Bertz CT molecular complexity index is 584. The summed E-state index contributed by atoms with van der Waals surface area (Å²) in [5.41, 5.74) is 0.0173. The standard InChI is InChI=1S/C18H23F3O3/c1-13-8-9-15(18(19,20)21)11-14(13)12-23-10-6-5-7-16(22)24-17(2,3)4/h5,7-9,11H,6,10,12H2,1-4H3. The first-order chi connectivity index (χ1) is 11.0. The molecule has 0 bridgehead atoms. The van der Waals surface area contributed by atoms with Gasteiger partial charge in [-0.3, -0.25) is 0 Å². The monoisotopic (exact) mass is 344 g/mol. The van der Waals surface area contributed by atoms with Crippen LogP contribution >= 0.6 is 0 Å². The second kappa shape index (κ2) is 8.33. The zero-order valence-electron chi connectivity index (χ0n) is 14.4. The number of halogens is 3. The molecule has 1 rings (SSSR count). The number of aryl methyl sites for hydroxylation is 1. The summed E-state index contributed by atoms with van der Waals surface area (Å²) in [7, 11) is 0. The van der Waals surface area contributed by atoms with E-state index in [1.165, 1.54) is 12.1 Å². The minimum atomic E-state index is -4.36. The Morgan fingerprint density at radius 1 is 1.21 bits per heavy atom. The van der Waals surface area contributed by atoms with Crippen molar-refractivity contribution in [1.82, 2.24) is 0 Å². The van der Waals surface area contributed by atoms with E-state index in [0.29, 0.717) is 18.6 Å². The van der Waals surface area contributed by atoms with Crippen LogP contribution in [0.25, 0.3) is 0 Å². The molecule has 134 valence electrons. The van der Waals surface area contributed by atoms with E-state index >= 15 is 0 Å². The van der Waals surface area contributed by atoms with Crippen LogP contribution in [0, 0.1) is 6.92 Å². The molecule has 0 amide bonds. The Morgan fingerprint density at radius 3 is 2.46 bits per heavy atom. The molecule has 0 aliphatic rings. The molecule has 0 aromatic heterocycles. The van der Waals surface area contributed by atoms with Crippen LogP contribution in [0.15, 0.2) is 30.4 Å². The van der Waals surface area contributed by atoms with Gasteiger partial charge in [0.25, 0.3) is 0 Å². The topological polar surface area (TPSA) is 35.5 Å². The van der Waals surface area contributed by atoms with E-state index in [0.717, 1.165) is 17.7 Å². The van der Waals surface area contributed by atoms with Gasteiger partial charge < -0.3 is 9.47 Å². The maximum Gasteiger partial charge on any atom is 0.416 e. The van der Waals surface area contributed by atoms with Crippen molar-refractivity contribution in [3.8, 4) is 0 Å². The number of hydrogen-bond acceptors (Lipinski definition) is 3. The lowest BCUT2D eigenvalue weighted by atomic mass is 10.1. The van der Waals surface area contributed by atoms with E-state index in [9.17, 15) is 18.0 Å². The minimum absolute atomic E-state index is 0.0933. The average Bonchev–Trinajstić information content (AvgIpc) is 2.41. The van der Waals surface area contributed by atoms with Crippen molar-refractivity contribution < 1.29 is 27.4 Å². The first-order valence-corrected chi connectivity index (χ1v) is 7.63. The molecule has 0 saturated heterocycles. The van der Waals surface area contributed by atoms with Gasteiger partial charge in [-0.2, -0.15) is 13.2 Å². The van der Waals surface area contributed by atoms with Gasteiger partial charge in [-0.05, 0) is 57.4 Å². The number of carbonyl (C=O) groups is 1. The maximum absolute atomic E-state index is 12.7. The van der Waals surface area contributed by atoms with E-state index in [4.69, 9.17) is 9.47 Å². The summed E-state index contributed by atoms with van der Waals surface area (Å²) in [6.07, 6.45) is -0.951. The van der Waals surface area contributed by atoms with Crippen LogP contribution in [-0.4, -0.2) is 18.2 Å². The third-order valence-corrected chi connectivity index (χ3v) is 3.02. The fraction of sp³-hybridized carbons (Fsp3) is 0.500. The first kappa shape index (κ1) is 20.2. The molecule has 24 heavy (non-hydrogen) atoms. The third-order valence-electron chi connectivity index (χ3n) is 3.02. The van der Waals surface area contributed by atoms with Gasteiger partial charge in [-0.25, -0.2) is 4.79 Å². The Hall–Kier alpha value is -1.82. The molecule has 0 saturated carbocycles. The van der Waals surface area contributed by atoms with Crippen LogP contribution in [0.4, 0.5) is 13.2 Å². The van der Waals surface area contributed by atoms with Gasteiger partial charge in [0.15, 0.2) is 0 Å². The van der Waals surface area contributed by atoms with Crippen LogP contribution in [0.5, 0.6) is 0 Å². The summed E-state index contributed by atoms with van der Waals surface area (Å²) in [5, 5.41) is 0. The quantitative estimate of drug-likeness (QED) is 0.422. The lowest BCUT2D eigenvalue weighted by molar-refractivity contribution is -0.148. The van der Waals surface area contributed by atoms with E-state index in [1.54, 1.807) is 33.8 Å². The maximum atomic E-state index is 12.7. The van der Waals surface area contributed by atoms with Crippen molar-refractivity contribution in [2.75, 3.05) is 6.61 Å². The Kier molecular flexibility index (Phi) is 7.02. The zero-order chi connectivity index (χ0) is 18.4. The normalized spacial score (nSPS) is 12.6. The van der Waals surface area contributed by atoms with Gasteiger partial charge in [-0.1, -0.05) is 12.1 Å². The number of alkyl halides is 3. The number of carbonyl (C=O) groups excluding carboxylic acids is 1. The fourth-order valence-electron chi connectivity index (χ4n) is 1.85. The minimum Gasteiger partial charge on any atom is -0.457 e. The second-order valence-corrected chi connectivity index (χ2v) is 6.42. The fourth-order valence-corrected chi connectivity index (χ4v) is 1.85. The number of rotatable bonds is 6. The van der Waals surface area contributed by atoms with Crippen molar-refractivity contribution in [3.05, 3.63) is 47.0 Å². The number of ether oxygens (including phenoxy) is 2. The van der Waals surface area contributed by atoms with Crippen molar-refractivity contribution in [2.45, 2.75) is 52.5 Å². The predicted molar refractivity (Wildman–Crippen MR) is 85.4 cm³/mol. The van der Waals surface area contributed by atoms with Gasteiger partial charge in [0.05, 0.1) is 18.8 Å². The lowest BCUT2D eigenvalue weighted by Crippen LogP contribution is -2.22. The summed E-state index contributed by atoms with van der Waals surface area (Å²) in [5.74, 6) is -0.434. The molecule has 0 radical (unpaired) electrons. The molecule has 0 atom stereocenters. The van der Waals surface area contributed by atoms with Gasteiger partial charge >= 0.3 is 12.1 Å². The lowest BCUT2D eigenvalue weighted by Gasteiger charge is -2.17. The first-order valence-electron chi connectivity index (χ1n) is 7.63. The van der Waals surface area contributed by atoms with Crippen molar-refractivity contribution in [1.29, 1.82) is 0 Å². The highest BCUT2D eigenvalue weighted by Gasteiger charge is 2.30. The Labute approximate surface area is 140 Å². The van der Waals surface area contributed by atoms with Gasteiger partial charge in [0.1, 0.15) is 5.60 Å². The van der Waals surface area contributed by atoms with Gasteiger partial charge in [0.2, 0.25) is 0 Å². The highest BCUT2D eigenvalue weighted by molar-refractivity contribution is 5.82. The molecule has 1 aromatic rings. The Morgan fingerprint density at radius 2 is 1.88 bits per heavy atom. The highest BCUT2D eigenvalue weighted by Crippen LogP contribution is 2.30. The van der Waals surface area contributed by atoms with Crippen LogP contribution in [0.1, 0.15) is 43.9 Å². The molecule has 0 heterocycles. The smallest absolute Gasteiger partial charge is 0.416 e. The van der Waals surface area contributed by atoms with E-state index in [-0.39, 0.29) is 6.61 Å². The van der Waals surface area contributed by atoms with Gasteiger partial charge in [-0.15, -0.1) is 0 Å². The van der Waals surface area contributed by atoms with Gasteiger partial charge in [0, 0.05) is 6.08 Å². The molecular formula is C18H23F3O3. The summed E-state index contributed by atoms with van der Waals surface area (Å²) in [6.45, 7) is 7.46. The molecule has 0 N–H and O–H groups in total. The number of benzene rings is 1. The number of hydrogen-bond donors (Lipinski definition) is 0. The van der Waals surface area contributed by atoms with Crippen molar-refractivity contribution >= 4 is 5.97 Å². The highest BCUT2D eigenvalue weighted by atomic mass is 19.4. The molecule has 0 aliphatic heterocycles. The summed E-state index contributed by atoms with van der Waals surface area (Å²) in [4.78, 5) is 11.4. The van der Waals surface area contributed by atoms with Crippen molar-refractivity contribution in [2.24, 2.45) is 0 Å². The van der Waals surface area contributed by atoms with Crippen LogP contribution in [0.2, 0.25) is 0 Å². The largest absolute Gasteiger partial charge is 0.457 e. The molecule has 0 aliphatic carbocycles. The van der Waals surface area contributed by atoms with E-state index in [2.05, 4.69) is 0 Å². The summed E-state index contributed by atoms with van der Waals surface area (Å²) < 4.78 is 48.5. The molecule has 1 aromatic carbocycles. The predicted octanol–water partition coefficient (Wildman–Crippen LogP) is 4.82. The molecule has 3 nitrogen and oxygen atoms in total. The number of esters is 1. The molecular weight excluding hydrogens is 321 g/mol. The van der Waals surface area contributed by atoms with Crippen LogP contribution in [0.3, 0.4) is 0 Å². The van der Waals surface area contributed by atoms with Crippen LogP contribution < -0.4 is 0 Å². The van der Waals surface area contributed by atoms with Crippen molar-refractivity contribution in [3.63, 3.8) is 0 Å². The Balaban J connectivity index is 2.42. The third kappa shape index (κ3) is 7.64. The zero-order valence-corrected chi connectivity index (χ0v) is 14.4. The molecule has 0 fully saturated rings. The van der Waals surface area contributed by atoms with E-state index in [1.807, 2.05) is 0 Å². The van der Waals surface area contributed by atoms with E-state index < -0.39 is 23.3 Å². The molecule has 6 heteroatoms. The summed E-state index contributed by atoms with van der Waals surface area (Å²) in [6, 6.07) is 3.60. The SMILES string of the molecule is Cc1ccc(C(F)(F)F)cc1COCCC=CC(=O)OC(C)(C)C. The summed E-state index contributed by atoms with van der Waals surface area (Å²) >= 11 is 0. The molecule has 0 spiro atoms.